The Hall–Kier alpha value is -1.75. The fourth-order valence-electron chi connectivity index (χ4n) is 1.56. The van der Waals surface area contributed by atoms with Gasteiger partial charge in [-0.1, -0.05) is 16.8 Å². The highest BCUT2D eigenvalue weighted by atomic mass is 35.5. The number of nitrogens with one attached hydrogen (secondary N) is 1. The number of nitrogens with zero attached hydrogens (tertiary/aromatic N) is 2. The van der Waals surface area contributed by atoms with E-state index in [0.29, 0.717) is 29.0 Å². The summed E-state index contributed by atoms with van der Waals surface area (Å²) in [5.41, 5.74) is 1.83. The topological polar surface area (TPSA) is 60.2 Å². The Bertz CT molecular complexity index is 554. The minimum absolute atomic E-state index is 0.467. The molecule has 6 heteroatoms. The maximum absolute atomic E-state index is 6.04. The highest BCUT2D eigenvalue weighted by molar-refractivity contribution is 6.31. The van der Waals surface area contributed by atoms with Crippen molar-refractivity contribution in [2.45, 2.75) is 20.4 Å². The van der Waals surface area contributed by atoms with Crippen LogP contribution in [0.1, 0.15) is 17.3 Å². The lowest BCUT2D eigenvalue weighted by atomic mass is 10.2. The number of ether oxygens (including phenoxy) is 1. The molecule has 0 aliphatic heterocycles. The van der Waals surface area contributed by atoms with Crippen LogP contribution in [0.25, 0.3) is 0 Å². The number of rotatable bonds is 4. The van der Waals surface area contributed by atoms with Crippen LogP contribution in [-0.2, 0) is 6.54 Å². The Kier molecular flexibility index (Phi) is 3.72. The third-order valence-electron chi connectivity index (χ3n) is 2.49. The summed E-state index contributed by atoms with van der Waals surface area (Å²) in [4.78, 5) is 4.11. The second kappa shape index (κ2) is 5.27. The van der Waals surface area contributed by atoms with Gasteiger partial charge in [0.15, 0.2) is 5.82 Å². The van der Waals surface area contributed by atoms with Gasteiger partial charge in [-0.15, -0.1) is 0 Å². The summed E-state index contributed by atoms with van der Waals surface area (Å²) in [5, 5.41) is 7.68. The van der Waals surface area contributed by atoms with Crippen LogP contribution < -0.4 is 10.1 Å². The molecule has 1 aromatic heterocycles. The van der Waals surface area contributed by atoms with Gasteiger partial charge in [0.1, 0.15) is 5.75 Å². The van der Waals surface area contributed by atoms with Crippen molar-refractivity contribution in [1.82, 2.24) is 10.1 Å². The van der Waals surface area contributed by atoms with Gasteiger partial charge in [-0.2, -0.15) is 4.98 Å². The van der Waals surface area contributed by atoms with Gasteiger partial charge in [-0.25, -0.2) is 0 Å². The van der Waals surface area contributed by atoms with Crippen molar-refractivity contribution in [2.75, 3.05) is 12.4 Å². The van der Waals surface area contributed by atoms with E-state index in [1.165, 1.54) is 0 Å². The summed E-state index contributed by atoms with van der Waals surface area (Å²) in [6, 6.07) is 3.70. The molecule has 0 atom stereocenters. The van der Waals surface area contributed by atoms with Gasteiger partial charge in [0.2, 0.25) is 5.89 Å². The van der Waals surface area contributed by atoms with E-state index in [2.05, 4.69) is 15.5 Å². The number of aromatic nitrogens is 2. The molecule has 1 heterocycles. The number of hydrogen-bond acceptors (Lipinski definition) is 5. The number of halogens is 1. The van der Waals surface area contributed by atoms with Crippen LogP contribution in [0.4, 0.5) is 5.69 Å². The highest BCUT2D eigenvalue weighted by Crippen LogP contribution is 2.31. The third kappa shape index (κ3) is 2.73. The summed E-state index contributed by atoms with van der Waals surface area (Å²) in [7, 11) is 1.60. The van der Waals surface area contributed by atoms with Crippen LogP contribution in [0.5, 0.6) is 5.75 Å². The molecule has 1 N–H and O–H groups in total. The Labute approximate surface area is 110 Å². The van der Waals surface area contributed by atoms with Crippen LogP contribution in [0.15, 0.2) is 16.7 Å². The lowest BCUT2D eigenvalue weighted by Gasteiger charge is -2.11. The SMILES string of the molecule is COc1cc(Cl)c(C)cc1NCc1noc(C)n1. The van der Waals surface area contributed by atoms with Crippen molar-refractivity contribution in [3.05, 3.63) is 34.4 Å². The van der Waals surface area contributed by atoms with Crippen LogP contribution in [0.3, 0.4) is 0 Å². The minimum Gasteiger partial charge on any atom is -0.495 e. The van der Waals surface area contributed by atoms with E-state index < -0.39 is 0 Å². The molecule has 0 aliphatic rings. The van der Waals surface area contributed by atoms with Crippen molar-refractivity contribution in [3.63, 3.8) is 0 Å². The number of methoxy groups -OCH3 is 1. The molecule has 0 fully saturated rings. The molecule has 0 aliphatic carbocycles. The quantitative estimate of drug-likeness (QED) is 0.923. The first-order valence-corrected chi connectivity index (χ1v) is 5.85. The van der Waals surface area contributed by atoms with Crippen molar-refractivity contribution >= 4 is 17.3 Å². The Balaban J connectivity index is 2.15. The zero-order valence-electron chi connectivity index (χ0n) is 10.5. The van der Waals surface area contributed by atoms with Crippen LogP contribution in [0, 0.1) is 13.8 Å². The lowest BCUT2D eigenvalue weighted by molar-refractivity contribution is 0.388. The van der Waals surface area contributed by atoms with Crippen LogP contribution >= 0.6 is 11.6 Å². The molecule has 18 heavy (non-hydrogen) atoms. The van der Waals surface area contributed by atoms with E-state index >= 15 is 0 Å². The van der Waals surface area contributed by atoms with Crippen LogP contribution in [0.2, 0.25) is 5.02 Å². The fraction of sp³-hybridized carbons (Fsp3) is 0.333. The Morgan fingerprint density at radius 2 is 2.17 bits per heavy atom. The number of aryl methyl sites for hydroxylation is 2. The van der Waals surface area contributed by atoms with Gasteiger partial charge in [0, 0.05) is 18.0 Å². The molecule has 1 aromatic carbocycles. The first-order valence-electron chi connectivity index (χ1n) is 5.47. The summed E-state index contributed by atoms with van der Waals surface area (Å²) in [6.07, 6.45) is 0. The normalized spacial score (nSPS) is 10.4. The average molecular weight is 268 g/mol. The Morgan fingerprint density at radius 3 is 2.78 bits per heavy atom. The Morgan fingerprint density at radius 1 is 1.39 bits per heavy atom. The van der Waals surface area contributed by atoms with Gasteiger partial charge in [-0.05, 0) is 18.6 Å². The van der Waals surface area contributed by atoms with E-state index in [9.17, 15) is 0 Å². The largest absolute Gasteiger partial charge is 0.495 e. The summed E-state index contributed by atoms with van der Waals surface area (Å²) in [6.45, 7) is 4.16. The highest BCUT2D eigenvalue weighted by Gasteiger charge is 2.08. The van der Waals surface area contributed by atoms with Gasteiger partial charge >= 0.3 is 0 Å². The van der Waals surface area contributed by atoms with E-state index in [0.717, 1.165) is 11.3 Å². The molecule has 96 valence electrons. The predicted octanol–water partition coefficient (Wildman–Crippen LogP) is 2.96. The molecule has 0 bridgehead atoms. The molecule has 5 nitrogen and oxygen atoms in total. The molecule has 0 amide bonds. The predicted molar refractivity (Wildman–Crippen MR) is 69.1 cm³/mol. The van der Waals surface area contributed by atoms with E-state index in [1.54, 1.807) is 20.1 Å². The molecule has 2 aromatic rings. The number of benzene rings is 1. The van der Waals surface area contributed by atoms with E-state index in [-0.39, 0.29) is 0 Å². The van der Waals surface area contributed by atoms with E-state index in [1.807, 2.05) is 13.0 Å². The van der Waals surface area contributed by atoms with E-state index in [4.69, 9.17) is 20.9 Å². The lowest BCUT2D eigenvalue weighted by Crippen LogP contribution is -2.03. The second-order valence-corrected chi connectivity index (χ2v) is 4.29. The summed E-state index contributed by atoms with van der Waals surface area (Å²) >= 11 is 6.04. The van der Waals surface area contributed by atoms with Crippen molar-refractivity contribution in [3.8, 4) is 5.75 Å². The molecular formula is C12H14ClN3O2. The molecular weight excluding hydrogens is 254 g/mol. The second-order valence-electron chi connectivity index (χ2n) is 3.88. The average Bonchev–Trinajstić information content (AvgIpc) is 2.76. The maximum atomic E-state index is 6.04. The smallest absolute Gasteiger partial charge is 0.223 e. The van der Waals surface area contributed by atoms with Gasteiger partial charge in [0.25, 0.3) is 0 Å². The first-order chi connectivity index (χ1) is 8.60. The third-order valence-corrected chi connectivity index (χ3v) is 2.89. The van der Waals surface area contributed by atoms with Crippen molar-refractivity contribution in [2.24, 2.45) is 0 Å². The standard InChI is InChI=1S/C12H14ClN3O2/c1-7-4-10(11(17-3)5-9(7)13)14-6-12-15-8(2)18-16-12/h4-5,14H,6H2,1-3H3. The first kappa shape index (κ1) is 12.7. The zero-order chi connectivity index (χ0) is 13.1. The minimum atomic E-state index is 0.467. The number of hydrogen-bond donors (Lipinski definition) is 1. The molecule has 0 spiro atoms. The molecule has 0 saturated heterocycles. The molecule has 0 unspecified atom stereocenters. The molecule has 2 rings (SSSR count). The van der Waals surface area contributed by atoms with Crippen LogP contribution in [-0.4, -0.2) is 17.3 Å². The number of anilines is 1. The van der Waals surface area contributed by atoms with Gasteiger partial charge in [-0.3, -0.25) is 0 Å². The summed E-state index contributed by atoms with van der Waals surface area (Å²) in [5.74, 6) is 1.83. The van der Waals surface area contributed by atoms with Crippen molar-refractivity contribution < 1.29 is 9.26 Å². The fourth-order valence-corrected chi connectivity index (χ4v) is 1.71. The monoisotopic (exact) mass is 267 g/mol. The molecule has 0 radical (unpaired) electrons. The zero-order valence-corrected chi connectivity index (χ0v) is 11.2. The maximum Gasteiger partial charge on any atom is 0.223 e. The summed E-state index contributed by atoms with van der Waals surface area (Å²) < 4.78 is 10.2. The molecule has 0 saturated carbocycles. The van der Waals surface area contributed by atoms with Gasteiger partial charge < -0.3 is 14.6 Å². The van der Waals surface area contributed by atoms with Gasteiger partial charge in [0.05, 0.1) is 19.3 Å². The van der Waals surface area contributed by atoms with Crippen molar-refractivity contribution in [1.29, 1.82) is 0 Å².